The fraction of sp³-hybridized carbons (Fsp3) is 0.278. The Bertz CT molecular complexity index is 1050. The zero-order chi connectivity index (χ0) is 20.4. The van der Waals surface area contributed by atoms with Crippen LogP contribution >= 0.6 is 0 Å². The van der Waals surface area contributed by atoms with Crippen molar-refractivity contribution in [1.82, 2.24) is 19.4 Å². The van der Waals surface area contributed by atoms with E-state index in [9.17, 15) is 24.8 Å². The van der Waals surface area contributed by atoms with E-state index in [-0.39, 0.29) is 17.9 Å². The third kappa shape index (κ3) is 3.37. The van der Waals surface area contributed by atoms with E-state index in [0.29, 0.717) is 5.52 Å². The first-order valence-electron chi connectivity index (χ1n) is 8.28. The second-order valence-electron chi connectivity index (χ2n) is 6.20. The Labute approximate surface area is 159 Å². The van der Waals surface area contributed by atoms with Crippen molar-refractivity contribution in [3.63, 3.8) is 0 Å². The largest absolute Gasteiger partial charge is 0.507 e. The smallest absolute Gasteiger partial charge is 0.327 e. The molecular formula is C18H17N5O5. The number of hydrogen-bond acceptors (Lipinski definition) is 7. The molecule has 1 aliphatic rings. The Morgan fingerprint density at radius 2 is 2.04 bits per heavy atom. The number of aromatic nitrogens is 2. The van der Waals surface area contributed by atoms with Crippen molar-refractivity contribution in [3.8, 4) is 6.07 Å². The molecule has 0 atom stereocenters. The van der Waals surface area contributed by atoms with Gasteiger partial charge in [-0.25, -0.2) is 9.78 Å². The molecule has 1 N–H and O–H groups in total. The summed E-state index contributed by atoms with van der Waals surface area (Å²) < 4.78 is 6.56. The Hall–Kier alpha value is -3.87. The van der Waals surface area contributed by atoms with Crippen LogP contribution in [0.5, 0.6) is 0 Å². The number of aliphatic hydroxyl groups is 1. The number of esters is 1. The molecule has 10 nitrogen and oxygen atoms in total. The predicted molar refractivity (Wildman–Crippen MR) is 96.6 cm³/mol. The summed E-state index contributed by atoms with van der Waals surface area (Å²) in [5, 5.41) is 19.7. The highest BCUT2D eigenvalue weighted by atomic mass is 16.5. The van der Waals surface area contributed by atoms with E-state index < -0.39 is 36.8 Å². The van der Waals surface area contributed by atoms with Crippen LogP contribution in [0.15, 0.2) is 30.0 Å². The molecule has 0 unspecified atom stereocenters. The summed E-state index contributed by atoms with van der Waals surface area (Å²) >= 11 is 0. The van der Waals surface area contributed by atoms with Crippen molar-refractivity contribution in [2.45, 2.75) is 0 Å². The number of imidazole rings is 1. The number of imide groups is 1. The van der Waals surface area contributed by atoms with Gasteiger partial charge in [-0.3, -0.25) is 14.5 Å². The number of carbonyl (C=O) groups excluding carboxylic acids is 3. The lowest BCUT2D eigenvalue weighted by Crippen LogP contribution is -2.37. The molecule has 0 radical (unpaired) electrons. The van der Waals surface area contributed by atoms with Gasteiger partial charge in [-0.05, 0) is 12.1 Å². The van der Waals surface area contributed by atoms with Crippen LogP contribution in [0.1, 0.15) is 5.82 Å². The summed E-state index contributed by atoms with van der Waals surface area (Å²) in [4.78, 5) is 41.6. The maximum Gasteiger partial charge on any atom is 0.327 e. The average molecular weight is 383 g/mol. The number of hydrogen-bond donors (Lipinski definition) is 1. The first-order valence-corrected chi connectivity index (χ1v) is 8.28. The summed E-state index contributed by atoms with van der Waals surface area (Å²) in [5.74, 6) is -1.65. The van der Waals surface area contributed by atoms with Crippen molar-refractivity contribution in [2.24, 2.45) is 7.05 Å². The number of carbonyl (C=O) groups is 3. The molecule has 3 amide bonds. The number of urea groups is 1. The van der Waals surface area contributed by atoms with Gasteiger partial charge in [0.2, 0.25) is 0 Å². The molecule has 0 spiro atoms. The van der Waals surface area contributed by atoms with Gasteiger partial charge in [0.25, 0.3) is 5.91 Å². The molecular weight excluding hydrogens is 366 g/mol. The van der Waals surface area contributed by atoms with E-state index in [1.807, 2.05) is 18.2 Å². The number of amides is 3. The number of nitriles is 1. The maximum absolute atomic E-state index is 11.9. The van der Waals surface area contributed by atoms with Gasteiger partial charge in [0.05, 0.1) is 11.0 Å². The number of aryl methyl sites for hydroxylation is 1. The number of allylic oxidation sites excluding steroid dienone is 1. The van der Waals surface area contributed by atoms with E-state index >= 15 is 0 Å². The number of para-hydroxylation sites is 2. The minimum absolute atomic E-state index is 0.109. The zero-order valence-corrected chi connectivity index (χ0v) is 15.2. The zero-order valence-electron chi connectivity index (χ0n) is 15.2. The number of nitrogens with zero attached hydrogens (tertiary/aromatic N) is 5. The topological polar surface area (TPSA) is 129 Å². The molecule has 0 aliphatic carbocycles. The number of benzene rings is 1. The lowest BCUT2D eigenvalue weighted by atomic mass is 10.2. The summed E-state index contributed by atoms with van der Waals surface area (Å²) in [5.41, 5.74) is 1.28. The molecule has 3 rings (SSSR count). The van der Waals surface area contributed by atoms with Crippen LogP contribution in [-0.4, -0.2) is 69.1 Å². The van der Waals surface area contributed by atoms with Crippen LogP contribution in [0.3, 0.4) is 0 Å². The summed E-state index contributed by atoms with van der Waals surface area (Å²) in [6, 6.07) is 8.48. The number of likely N-dealkylation sites (N-methyl/N-ethyl adjacent to an activating group) is 1. The Balaban J connectivity index is 1.73. The maximum atomic E-state index is 11.9. The first kappa shape index (κ1) is 18.9. The van der Waals surface area contributed by atoms with Crippen LogP contribution in [0.2, 0.25) is 0 Å². The second-order valence-corrected chi connectivity index (χ2v) is 6.20. The quantitative estimate of drug-likeness (QED) is 0.350. The Morgan fingerprint density at radius 3 is 2.64 bits per heavy atom. The van der Waals surface area contributed by atoms with Gasteiger partial charge in [0, 0.05) is 14.1 Å². The molecule has 0 bridgehead atoms. The molecule has 0 saturated carbocycles. The third-order valence-electron chi connectivity index (χ3n) is 4.30. The summed E-state index contributed by atoms with van der Waals surface area (Å²) in [6.45, 7) is -1.26. The Morgan fingerprint density at radius 1 is 1.32 bits per heavy atom. The van der Waals surface area contributed by atoms with Crippen molar-refractivity contribution < 1.29 is 24.2 Å². The molecule has 2 heterocycles. The SMILES string of the molecule is CN1CC(=O)N(CC(=O)OC/C(O)=C(\C#N)c2nc3ccccc3n2C)C1=O. The minimum Gasteiger partial charge on any atom is -0.507 e. The van der Waals surface area contributed by atoms with E-state index in [1.165, 1.54) is 11.9 Å². The highest BCUT2D eigenvalue weighted by Gasteiger charge is 2.35. The van der Waals surface area contributed by atoms with Crippen molar-refractivity contribution in [3.05, 3.63) is 35.8 Å². The van der Waals surface area contributed by atoms with Crippen molar-refractivity contribution in [2.75, 3.05) is 26.7 Å². The Kier molecular flexibility index (Phi) is 5.00. The molecule has 28 heavy (non-hydrogen) atoms. The van der Waals surface area contributed by atoms with E-state index in [4.69, 9.17) is 4.74 Å². The summed E-state index contributed by atoms with van der Waals surface area (Å²) in [7, 11) is 3.14. The van der Waals surface area contributed by atoms with Crippen LogP contribution < -0.4 is 0 Å². The number of rotatable bonds is 5. The third-order valence-corrected chi connectivity index (χ3v) is 4.30. The van der Waals surface area contributed by atoms with Crippen LogP contribution in [0.4, 0.5) is 4.79 Å². The van der Waals surface area contributed by atoms with Gasteiger partial charge < -0.3 is 19.3 Å². The lowest BCUT2D eigenvalue weighted by molar-refractivity contribution is -0.146. The fourth-order valence-corrected chi connectivity index (χ4v) is 2.83. The average Bonchev–Trinajstić information content (AvgIpc) is 3.12. The second kappa shape index (κ2) is 7.40. The van der Waals surface area contributed by atoms with Crippen LogP contribution in [0.25, 0.3) is 16.6 Å². The molecule has 1 saturated heterocycles. The van der Waals surface area contributed by atoms with E-state index in [1.54, 1.807) is 23.7 Å². The van der Waals surface area contributed by atoms with Gasteiger partial charge >= 0.3 is 12.0 Å². The predicted octanol–water partition coefficient (Wildman–Crippen LogP) is 0.803. The van der Waals surface area contributed by atoms with Gasteiger partial charge in [-0.1, -0.05) is 12.1 Å². The number of ether oxygens (including phenoxy) is 1. The molecule has 10 heteroatoms. The molecule has 1 fully saturated rings. The molecule has 1 aliphatic heterocycles. The monoisotopic (exact) mass is 383 g/mol. The van der Waals surface area contributed by atoms with Crippen molar-refractivity contribution in [1.29, 1.82) is 5.26 Å². The first-order chi connectivity index (χ1) is 13.3. The highest BCUT2D eigenvalue weighted by molar-refractivity contribution is 6.04. The molecule has 2 aromatic rings. The van der Waals surface area contributed by atoms with Gasteiger partial charge in [0.15, 0.2) is 11.6 Å². The fourth-order valence-electron chi connectivity index (χ4n) is 2.83. The highest BCUT2D eigenvalue weighted by Crippen LogP contribution is 2.22. The van der Waals surface area contributed by atoms with E-state index in [2.05, 4.69) is 4.98 Å². The molecule has 144 valence electrons. The van der Waals surface area contributed by atoms with Gasteiger partial charge in [-0.2, -0.15) is 5.26 Å². The molecule has 1 aromatic carbocycles. The van der Waals surface area contributed by atoms with E-state index in [0.717, 1.165) is 10.4 Å². The van der Waals surface area contributed by atoms with Gasteiger partial charge in [0.1, 0.15) is 31.3 Å². The van der Waals surface area contributed by atoms with Crippen LogP contribution in [-0.2, 0) is 21.4 Å². The standard InChI is InChI=1S/C18H17N5O5/c1-21-8-15(25)23(18(21)27)9-16(26)28-10-14(24)11(7-19)17-20-12-5-3-4-6-13(12)22(17)2/h3-6,24H,8-10H2,1-2H3/b14-11-. The number of fused-ring (bicyclic) bond motifs is 1. The normalized spacial score (nSPS) is 15.0. The lowest BCUT2D eigenvalue weighted by Gasteiger charge is -2.13. The van der Waals surface area contributed by atoms with Crippen molar-refractivity contribution >= 4 is 34.5 Å². The van der Waals surface area contributed by atoms with Gasteiger partial charge in [-0.15, -0.1) is 0 Å². The van der Waals surface area contributed by atoms with Crippen LogP contribution in [0, 0.1) is 11.3 Å². The minimum atomic E-state index is -0.883. The summed E-state index contributed by atoms with van der Waals surface area (Å²) in [6.07, 6.45) is 0. The molecule has 1 aromatic heterocycles. The number of aliphatic hydroxyl groups excluding tert-OH is 1.